The Morgan fingerprint density at radius 2 is 2.00 bits per heavy atom. The Labute approximate surface area is 106 Å². The van der Waals surface area contributed by atoms with Gasteiger partial charge >= 0.3 is 0 Å². The summed E-state index contributed by atoms with van der Waals surface area (Å²) in [7, 11) is 2.00. The van der Waals surface area contributed by atoms with Crippen LogP contribution >= 0.6 is 11.6 Å². The van der Waals surface area contributed by atoms with Gasteiger partial charge in [-0.3, -0.25) is 0 Å². The highest BCUT2D eigenvalue weighted by Crippen LogP contribution is 2.18. The summed E-state index contributed by atoms with van der Waals surface area (Å²) in [5.41, 5.74) is 0.297. The fraction of sp³-hybridized carbons (Fsp3) is 0.500. The zero-order valence-corrected chi connectivity index (χ0v) is 10.8. The molecule has 0 bridgehead atoms. The van der Waals surface area contributed by atoms with Crippen LogP contribution in [-0.2, 0) is 6.54 Å². The second kappa shape index (κ2) is 6.89. The minimum Gasteiger partial charge on any atom is -0.311 e. The van der Waals surface area contributed by atoms with Crippen molar-refractivity contribution in [3.8, 4) is 0 Å². The molecule has 1 rings (SSSR count). The zero-order valence-electron chi connectivity index (χ0n) is 10.1. The van der Waals surface area contributed by atoms with Crippen molar-refractivity contribution in [1.82, 2.24) is 10.2 Å². The van der Waals surface area contributed by atoms with Crippen molar-refractivity contribution in [3.05, 3.63) is 34.4 Å². The van der Waals surface area contributed by atoms with E-state index in [0.29, 0.717) is 12.1 Å². The van der Waals surface area contributed by atoms with E-state index < -0.39 is 11.6 Å². The molecule has 0 heterocycles. The van der Waals surface area contributed by atoms with E-state index in [1.54, 1.807) is 0 Å². The van der Waals surface area contributed by atoms with Crippen LogP contribution in [0.1, 0.15) is 12.5 Å². The number of benzene rings is 1. The highest BCUT2D eigenvalue weighted by molar-refractivity contribution is 6.30. The van der Waals surface area contributed by atoms with Crippen LogP contribution in [0.2, 0.25) is 5.02 Å². The van der Waals surface area contributed by atoms with Gasteiger partial charge in [0, 0.05) is 25.2 Å². The number of nitrogens with one attached hydrogen (secondary N) is 1. The average Bonchev–Trinajstić information content (AvgIpc) is 2.30. The van der Waals surface area contributed by atoms with Gasteiger partial charge in [0.15, 0.2) is 0 Å². The van der Waals surface area contributed by atoms with E-state index in [-0.39, 0.29) is 5.02 Å². The maximum Gasteiger partial charge on any atom is 0.142 e. The van der Waals surface area contributed by atoms with E-state index in [9.17, 15) is 8.78 Å². The van der Waals surface area contributed by atoms with Crippen LogP contribution in [0.3, 0.4) is 0 Å². The van der Waals surface area contributed by atoms with E-state index in [1.807, 2.05) is 7.05 Å². The molecule has 0 aliphatic heterocycles. The number of nitrogens with zero attached hydrogens (tertiary/aromatic N) is 1. The molecule has 0 saturated carbocycles. The van der Waals surface area contributed by atoms with Crippen molar-refractivity contribution in [3.63, 3.8) is 0 Å². The van der Waals surface area contributed by atoms with E-state index in [2.05, 4.69) is 17.1 Å². The maximum atomic E-state index is 13.4. The molecule has 2 nitrogen and oxygen atoms in total. The summed E-state index contributed by atoms with van der Waals surface area (Å²) in [5, 5.41) is 2.88. The second-order valence-corrected chi connectivity index (χ2v) is 4.34. The molecule has 0 unspecified atom stereocenters. The van der Waals surface area contributed by atoms with Crippen LogP contribution < -0.4 is 5.32 Å². The highest BCUT2D eigenvalue weighted by atomic mass is 35.5. The summed E-state index contributed by atoms with van der Waals surface area (Å²) in [6, 6.07) is 2.14. The van der Waals surface area contributed by atoms with Crippen LogP contribution in [-0.4, -0.2) is 31.6 Å². The Balaban J connectivity index is 2.44. The number of hydrogen-bond acceptors (Lipinski definition) is 2. The second-order valence-electron chi connectivity index (χ2n) is 3.93. The minimum absolute atomic E-state index is 0.183. The Morgan fingerprint density at radius 1 is 1.29 bits per heavy atom. The van der Waals surface area contributed by atoms with Gasteiger partial charge in [-0.15, -0.1) is 0 Å². The van der Waals surface area contributed by atoms with Crippen LogP contribution in [0.4, 0.5) is 8.78 Å². The van der Waals surface area contributed by atoms with Crippen molar-refractivity contribution in [2.24, 2.45) is 0 Å². The van der Waals surface area contributed by atoms with Crippen molar-refractivity contribution >= 4 is 11.6 Å². The first-order valence-corrected chi connectivity index (χ1v) is 5.95. The molecule has 1 N–H and O–H groups in total. The van der Waals surface area contributed by atoms with E-state index in [0.717, 1.165) is 31.8 Å². The normalized spacial score (nSPS) is 11.2. The third kappa shape index (κ3) is 4.58. The Kier molecular flexibility index (Phi) is 5.82. The summed E-state index contributed by atoms with van der Waals surface area (Å²) in [5.74, 6) is -1.07. The van der Waals surface area contributed by atoms with Crippen LogP contribution in [0, 0.1) is 11.6 Å². The quantitative estimate of drug-likeness (QED) is 0.626. The molecule has 0 atom stereocenters. The SMILES string of the molecule is CCN(C)CCNCc1cc(F)c(Cl)cc1F. The molecule has 0 saturated heterocycles. The van der Waals surface area contributed by atoms with Crippen molar-refractivity contribution in [1.29, 1.82) is 0 Å². The summed E-state index contributed by atoms with van der Waals surface area (Å²) < 4.78 is 26.5. The van der Waals surface area contributed by atoms with Gasteiger partial charge in [-0.2, -0.15) is 0 Å². The van der Waals surface area contributed by atoms with Crippen molar-refractivity contribution in [2.75, 3.05) is 26.7 Å². The lowest BCUT2D eigenvalue weighted by molar-refractivity contribution is 0.348. The highest BCUT2D eigenvalue weighted by Gasteiger charge is 2.07. The first-order chi connectivity index (χ1) is 8.04. The molecule has 0 aliphatic carbocycles. The molecular weight excluding hydrogens is 246 g/mol. The van der Waals surface area contributed by atoms with Gasteiger partial charge < -0.3 is 10.2 Å². The Morgan fingerprint density at radius 3 is 2.65 bits per heavy atom. The fourth-order valence-electron chi connectivity index (χ4n) is 1.35. The summed E-state index contributed by atoms with van der Waals surface area (Å²) >= 11 is 5.47. The molecule has 0 fully saturated rings. The van der Waals surface area contributed by atoms with Gasteiger partial charge in [-0.25, -0.2) is 8.78 Å². The Bertz CT molecular complexity index is 372. The lowest BCUT2D eigenvalue weighted by Crippen LogP contribution is -2.29. The summed E-state index contributed by atoms with van der Waals surface area (Å²) in [6.45, 7) is 4.93. The van der Waals surface area contributed by atoms with Crippen LogP contribution in [0.15, 0.2) is 12.1 Å². The monoisotopic (exact) mass is 262 g/mol. The molecule has 0 aliphatic rings. The van der Waals surface area contributed by atoms with Gasteiger partial charge in [-0.05, 0) is 25.7 Å². The van der Waals surface area contributed by atoms with Crippen molar-refractivity contribution < 1.29 is 8.78 Å². The average molecular weight is 263 g/mol. The number of rotatable bonds is 6. The molecule has 0 aromatic heterocycles. The van der Waals surface area contributed by atoms with Crippen LogP contribution in [0.25, 0.3) is 0 Å². The smallest absolute Gasteiger partial charge is 0.142 e. The van der Waals surface area contributed by atoms with Crippen molar-refractivity contribution in [2.45, 2.75) is 13.5 Å². The molecule has 0 amide bonds. The molecule has 0 radical (unpaired) electrons. The molecule has 0 spiro atoms. The van der Waals surface area contributed by atoms with Gasteiger partial charge in [0.25, 0.3) is 0 Å². The zero-order chi connectivity index (χ0) is 12.8. The third-order valence-corrected chi connectivity index (χ3v) is 2.90. The summed E-state index contributed by atoms with van der Waals surface area (Å²) in [4.78, 5) is 2.13. The lowest BCUT2D eigenvalue weighted by atomic mass is 10.2. The topological polar surface area (TPSA) is 15.3 Å². The standard InChI is InChI=1S/C12H17ClF2N2/c1-3-17(2)5-4-16-8-9-6-12(15)10(13)7-11(9)14/h6-7,16H,3-5,8H2,1-2H3. The molecule has 17 heavy (non-hydrogen) atoms. The predicted molar refractivity (Wildman–Crippen MR) is 66.2 cm³/mol. The maximum absolute atomic E-state index is 13.4. The molecule has 1 aromatic carbocycles. The molecule has 1 aromatic rings. The third-order valence-electron chi connectivity index (χ3n) is 2.61. The molecule has 5 heteroatoms. The number of likely N-dealkylation sites (N-methyl/N-ethyl adjacent to an activating group) is 1. The minimum atomic E-state index is -0.587. The molecular formula is C12H17ClF2N2. The summed E-state index contributed by atoms with van der Waals surface area (Å²) in [6.07, 6.45) is 0. The Hall–Kier alpha value is -0.710. The van der Waals surface area contributed by atoms with E-state index in [1.165, 1.54) is 0 Å². The first kappa shape index (κ1) is 14.4. The van der Waals surface area contributed by atoms with E-state index in [4.69, 9.17) is 11.6 Å². The van der Waals surface area contributed by atoms with Gasteiger partial charge in [0.05, 0.1) is 5.02 Å². The van der Waals surface area contributed by atoms with Gasteiger partial charge in [0.1, 0.15) is 11.6 Å². The number of halogens is 3. The number of hydrogen-bond donors (Lipinski definition) is 1. The lowest BCUT2D eigenvalue weighted by Gasteiger charge is -2.14. The molecule has 96 valence electrons. The van der Waals surface area contributed by atoms with E-state index >= 15 is 0 Å². The predicted octanol–water partition coefficient (Wildman–Crippen LogP) is 2.66. The fourth-order valence-corrected chi connectivity index (χ4v) is 1.50. The first-order valence-electron chi connectivity index (χ1n) is 5.57. The van der Waals surface area contributed by atoms with Gasteiger partial charge in [-0.1, -0.05) is 18.5 Å². The largest absolute Gasteiger partial charge is 0.311 e. The van der Waals surface area contributed by atoms with Gasteiger partial charge in [0.2, 0.25) is 0 Å². The van der Waals surface area contributed by atoms with Crippen LogP contribution in [0.5, 0.6) is 0 Å².